The summed E-state index contributed by atoms with van der Waals surface area (Å²) in [6.45, 7) is 0.0334. The van der Waals surface area contributed by atoms with Crippen molar-refractivity contribution in [2.45, 2.75) is 17.9 Å². The van der Waals surface area contributed by atoms with Crippen LogP contribution >= 0.6 is 27.7 Å². The maximum Gasteiger partial charge on any atom is 0.306 e. The molecular formula is C11H13BrO3S. The van der Waals surface area contributed by atoms with Crippen LogP contribution in [0.25, 0.3) is 0 Å². The number of esters is 1. The van der Waals surface area contributed by atoms with Crippen molar-refractivity contribution in [1.29, 1.82) is 0 Å². The van der Waals surface area contributed by atoms with Crippen LogP contribution in [0.15, 0.2) is 27.6 Å². The molecule has 16 heavy (non-hydrogen) atoms. The van der Waals surface area contributed by atoms with Gasteiger partial charge in [-0.25, -0.2) is 0 Å². The number of methoxy groups -OCH3 is 1. The van der Waals surface area contributed by atoms with Crippen LogP contribution in [0.4, 0.5) is 0 Å². The van der Waals surface area contributed by atoms with E-state index in [-0.39, 0.29) is 12.6 Å². The number of thioether (sulfide) groups is 1. The Morgan fingerprint density at radius 1 is 1.56 bits per heavy atom. The van der Waals surface area contributed by atoms with Gasteiger partial charge in [0.05, 0.1) is 20.1 Å². The van der Waals surface area contributed by atoms with E-state index >= 15 is 0 Å². The van der Waals surface area contributed by atoms with Gasteiger partial charge in [-0.15, -0.1) is 11.8 Å². The lowest BCUT2D eigenvalue weighted by atomic mass is 10.2. The summed E-state index contributed by atoms with van der Waals surface area (Å²) in [6, 6.07) is 5.67. The maximum absolute atomic E-state index is 10.9. The van der Waals surface area contributed by atoms with E-state index in [1.807, 2.05) is 18.2 Å². The Morgan fingerprint density at radius 3 is 2.88 bits per heavy atom. The zero-order chi connectivity index (χ0) is 12.0. The van der Waals surface area contributed by atoms with Gasteiger partial charge >= 0.3 is 5.97 Å². The van der Waals surface area contributed by atoms with E-state index in [2.05, 4.69) is 20.7 Å². The number of halogens is 1. The van der Waals surface area contributed by atoms with Crippen LogP contribution < -0.4 is 0 Å². The minimum atomic E-state index is -0.199. The summed E-state index contributed by atoms with van der Waals surface area (Å²) in [4.78, 5) is 12.0. The number of hydrogen-bond donors (Lipinski definition) is 1. The Balaban J connectivity index is 2.51. The topological polar surface area (TPSA) is 46.5 Å². The summed E-state index contributed by atoms with van der Waals surface area (Å²) in [5.41, 5.74) is 0.865. The first-order chi connectivity index (χ1) is 7.67. The molecule has 1 rings (SSSR count). The molecule has 0 aliphatic rings. The van der Waals surface area contributed by atoms with Crippen LogP contribution in [-0.2, 0) is 16.1 Å². The normalized spacial score (nSPS) is 10.2. The molecule has 0 aliphatic carbocycles. The van der Waals surface area contributed by atoms with E-state index in [0.29, 0.717) is 12.2 Å². The number of hydrogen-bond acceptors (Lipinski definition) is 4. The molecule has 0 aliphatic heterocycles. The second kappa shape index (κ2) is 6.93. The second-order valence-electron chi connectivity index (χ2n) is 3.10. The van der Waals surface area contributed by atoms with Crippen LogP contribution in [0.1, 0.15) is 12.0 Å². The van der Waals surface area contributed by atoms with Crippen molar-refractivity contribution in [1.82, 2.24) is 0 Å². The molecule has 0 aromatic heterocycles. The Bertz CT molecular complexity index is 368. The van der Waals surface area contributed by atoms with Crippen molar-refractivity contribution in [3.05, 3.63) is 28.2 Å². The van der Waals surface area contributed by atoms with Crippen molar-refractivity contribution in [3.63, 3.8) is 0 Å². The average molecular weight is 305 g/mol. The third-order valence-corrected chi connectivity index (χ3v) is 3.96. The molecule has 0 saturated carbocycles. The molecule has 0 amide bonds. The highest BCUT2D eigenvalue weighted by molar-refractivity contribution is 9.10. The molecule has 3 nitrogen and oxygen atoms in total. The van der Waals surface area contributed by atoms with Crippen LogP contribution in [0.3, 0.4) is 0 Å². The summed E-state index contributed by atoms with van der Waals surface area (Å²) in [5.74, 6) is 0.486. The van der Waals surface area contributed by atoms with Gasteiger partial charge in [0.25, 0.3) is 0 Å². The number of aliphatic hydroxyl groups excluding tert-OH is 1. The highest BCUT2D eigenvalue weighted by Crippen LogP contribution is 2.28. The molecule has 5 heteroatoms. The first-order valence-electron chi connectivity index (χ1n) is 4.76. The smallest absolute Gasteiger partial charge is 0.306 e. The summed E-state index contributed by atoms with van der Waals surface area (Å²) < 4.78 is 5.50. The van der Waals surface area contributed by atoms with Gasteiger partial charge in [-0.1, -0.05) is 6.07 Å². The molecule has 0 heterocycles. The van der Waals surface area contributed by atoms with Crippen molar-refractivity contribution in [2.75, 3.05) is 12.9 Å². The van der Waals surface area contributed by atoms with Crippen LogP contribution in [0, 0.1) is 0 Å². The number of aliphatic hydroxyl groups is 1. The number of carbonyl (C=O) groups is 1. The lowest BCUT2D eigenvalue weighted by Gasteiger charge is -2.05. The fourth-order valence-electron chi connectivity index (χ4n) is 1.11. The monoisotopic (exact) mass is 304 g/mol. The van der Waals surface area contributed by atoms with Gasteiger partial charge in [-0.05, 0) is 33.6 Å². The van der Waals surface area contributed by atoms with E-state index in [9.17, 15) is 4.79 Å². The standard InChI is InChI=1S/C11H13BrO3S/c1-15-11(14)4-5-16-10-3-2-8(7-13)6-9(10)12/h2-3,6,13H,4-5,7H2,1H3. The van der Waals surface area contributed by atoms with Crippen molar-refractivity contribution in [2.24, 2.45) is 0 Å². The Morgan fingerprint density at radius 2 is 2.31 bits per heavy atom. The Hall–Kier alpha value is -0.520. The highest BCUT2D eigenvalue weighted by atomic mass is 79.9. The summed E-state index contributed by atoms with van der Waals surface area (Å²) >= 11 is 5.00. The lowest BCUT2D eigenvalue weighted by Crippen LogP contribution is -2.00. The van der Waals surface area contributed by atoms with Crippen LogP contribution in [0.2, 0.25) is 0 Å². The molecule has 0 spiro atoms. The van der Waals surface area contributed by atoms with Crippen LogP contribution in [0.5, 0.6) is 0 Å². The van der Waals surface area contributed by atoms with Crippen LogP contribution in [-0.4, -0.2) is 23.9 Å². The predicted molar refractivity (Wildman–Crippen MR) is 67.4 cm³/mol. The van der Waals surface area contributed by atoms with Gasteiger partial charge in [0, 0.05) is 15.1 Å². The van der Waals surface area contributed by atoms with Crippen molar-refractivity contribution < 1.29 is 14.6 Å². The maximum atomic E-state index is 10.9. The molecule has 0 unspecified atom stereocenters. The summed E-state index contributed by atoms with van der Waals surface area (Å²) in [7, 11) is 1.39. The largest absolute Gasteiger partial charge is 0.469 e. The zero-order valence-electron chi connectivity index (χ0n) is 8.90. The van der Waals surface area contributed by atoms with E-state index in [1.165, 1.54) is 7.11 Å². The Labute approximate surface area is 107 Å². The van der Waals surface area contributed by atoms with Gasteiger partial charge in [-0.2, -0.15) is 0 Å². The molecule has 0 bridgehead atoms. The van der Waals surface area contributed by atoms with Crippen molar-refractivity contribution in [3.8, 4) is 0 Å². The zero-order valence-corrected chi connectivity index (χ0v) is 11.3. The minimum absolute atomic E-state index is 0.0334. The van der Waals surface area contributed by atoms with Crippen molar-refractivity contribution >= 4 is 33.7 Å². The van der Waals surface area contributed by atoms with Gasteiger partial charge in [0.1, 0.15) is 0 Å². The number of ether oxygens (including phenoxy) is 1. The minimum Gasteiger partial charge on any atom is -0.469 e. The Kier molecular flexibility index (Phi) is 5.87. The van der Waals surface area contributed by atoms with Gasteiger partial charge in [0.15, 0.2) is 0 Å². The number of rotatable bonds is 5. The summed E-state index contributed by atoms with van der Waals surface area (Å²) in [6.07, 6.45) is 0.398. The van der Waals surface area contributed by atoms with Gasteiger partial charge < -0.3 is 9.84 Å². The second-order valence-corrected chi connectivity index (χ2v) is 5.09. The fourth-order valence-corrected chi connectivity index (χ4v) is 2.73. The average Bonchev–Trinajstić information content (AvgIpc) is 2.30. The molecule has 0 fully saturated rings. The van der Waals surface area contributed by atoms with Gasteiger partial charge in [0.2, 0.25) is 0 Å². The molecular weight excluding hydrogens is 292 g/mol. The molecule has 0 radical (unpaired) electrons. The highest BCUT2D eigenvalue weighted by Gasteiger charge is 2.04. The predicted octanol–water partition coefficient (Wildman–Crippen LogP) is 2.60. The van der Waals surface area contributed by atoms with E-state index < -0.39 is 0 Å². The number of benzene rings is 1. The molecule has 88 valence electrons. The SMILES string of the molecule is COC(=O)CCSc1ccc(CO)cc1Br. The third-order valence-electron chi connectivity index (χ3n) is 1.97. The quantitative estimate of drug-likeness (QED) is 0.671. The molecule has 1 aromatic carbocycles. The third kappa shape index (κ3) is 4.15. The van der Waals surface area contributed by atoms with Gasteiger partial charge in [-0.3, -0.25) is 4.79 Å². The first-order valence-corrected chi connectivity index (χ1v) is 6.54. The van der Waals surface area contributed by atoms with E-state index in [1.54, 1.807) is 11.8 Å². The number of carbonyl (C=O) groups excluding carboxylic acids is 1. The molecule has 0 saturated heterocycles. The molecule has 1 aromatic rings. The van der Waals surface area contributed by atoms with E-state index in [4.69, 9.17) is 5.11 Å². The molecule has 0 atom stereocenters. The van der Waals surface area contributed by atoms with E-state index in [0.717, 1.165) is 14.9 Å². The first kappa shape index (κ1) is 13.5. The fraction of sp³-hybridized carbons (Fsp3) is 0.364. The molecule has 1 N–H and O–H groups in total. The lowest BCUT2D eigenvalue weighted by molar-refractivity contribution is -0.140. The summed E-state index contributed by atoms with van der Waals surface area (Å²) in [5, 5.41) is 8.94.